The average molecular weight is 632 g/mol. The third kappa shape index (κ3) is 6.86. The second-order valence-corrected chi connectivity index (χ2v) is 10.6. The summed E-state index contributed by atoms with van der Waals surface area (Å²) in [5.74, 6) is 1.30. The van der Waals surface area contributed by atoms with Crippen LogP contribution in [0.1, 0.15) is 35.1 Å². The smallest absolute Gasteiger partial charge is 0.315 e. The van der Waals surface area contributed by atoms with E-state index in [1.165, 1.54) is 0 Å². The van der Waals surface area contributed by atoms with Crippen LogP contribution in [0.5, 0.6) is 28.7 Å². The molecule has 2 N–H and O–H groups in total. The summed E-state index contributed by atoms with van der Waals surface area (Å²) in [6.07, 6.45) is 0.0734. The van der Waals surface area contributed by atoms with Crippen LogP contribution in [0.4, 0.5) is 0 Å². The summed E-state index contributed by atoms with van der Waals surface area (Å²) in [5.41, 5.74) is 9.41. The number of methoxy groups -OCH3 is 1. The summed E-state index contributed by atoms with van der Waals surface area (Å²) < 4.78 is 28.5. The topological polar surface area (TPSA) is 113 Å². The predicted octanol–water partition coefficient (Wildman–Crippen LogP) is 7.35. The van der Waals surface area contributed by atoms with Crippen molar-refractivity contribution in [2.75, 3.05) is 13.7 Å². The molecule has 0 bridgehead atoms. The lowest BCUT2D eigenvalue weighted by Crippen LogP contribution is -2.21. The highest BCUT2D eigenvalue weighted by Gasteiger charge is 2.32. The zero-order valence-electron chi connectivity index (χ0n) is 23.9. The summed E-state index contributed by atoms with van der Waals surface area (Å²) in [4.78, 5) is 12.7. The number of ether oxygens (including phenoxy) is 5. The van der Waals surface area contributed by atoms with Gasteiger partial charge in [-0.2, -0.15) is 5.26 Å². The lowest BCUT2D eigenvalue weighted by Gasteiger charge is -2.27. The van der Waals surface area contributed by atoms with Crippen LogP contribution in [0, 0.1) is 11.3 Å². The number of nitrogens with two attached hydrogens (primary N) is 1. The minimum absolute atomic E-state index is 0.0395. The predicted molar refractivity (Wildman–Crippen MR) is 166 cm³/mol. The molecule has 1 atom stereocenters. The first-order valence-electron chi connectivity index (χ1n) is 13.7. The summed E-state index contributed by atoms with van der Waals surface area (Å²) in [6, 6.07) is 25.0. The fourth-order valence-electron chi connectivity index (χ4n) is 4.81. The van der Waals surface area contributed by atoms with Gasteiger partial charge in [0.05, 0.1) is 26.1 Å². The van der Waals surface area contributed by atoms with Crippen LogP contribution in [-0.4, -0.2) is 19.7 Å². The standard InChI is InChI=1S/C34H28Cl2N2O6/c1-3-41-31-15-21(7-13-29(31)42-19-22-6-8-23(35)16-28(22)36)33-26-12-11-25(17-30(26)44-34(38)27(33)18-37)43-32(39)14-20-4-9-24(40-2)10-5-20/h4-13,15-17,33H,3,14,19,38H2,1-2H3. The fraction of sp³-hybridized carbons (Fsp3) is 0.176. The summed E-state index contributed by atoms with van der Waals surface area (Å²) >= 11 is 12.3. The number of rotatable bonds is 10. The highest BCUT2D eigenvalue weighted by Crippen LogP contribution is 2.45. The number of esters is 1. The van der Waals surface area contributed by atoms with Crippen LogP contribution in [0.3, 0.4) is 0 Å². The lowest BCUT2D eigenvalue weighted by atomic mass is 9.83. The molecule has 10 heteroatoms. The molecule has 0 amide bonds. The summed E-state index contributed by atoms with van der Waals surface area (Å²) in [7, 11) is 1.58. The zero-order valence-corrected chi connectivity index (χ0v) is 25.4. The Bertz CT molecular complexity index is 1770. The minimum atomic E-state index is -0.563. The Morgan fingerprint density at radius 1 is 0.955 bits per heavy atom. The van der Waals surface area contributed by atoms with Crippen LogP contribution in [0.2, 0.25) is 10.0 Å². The second-order valence-electron chi connectivity index (χ2n) is 9.79. The molecule has 1 unspecified atom stereocenters. The SMILES string of the molecule is CCOc1cc(C2C(C#N)=C(N)Oc3cc(OC(=O)Cc4ccc(OC)cc4)ccc32)ccc1OCc1ccc(Cl)cc1Cl. The average Bonchev–Trinajstić information content (AvgIpc) is 3.01. The van der Waals surface area contributed by atoms with Crippen LogP contribution < -0.4 is 29.4 Å². The summed E-state index contributed by atoms with van der Waals surface area (Å²) in [6.45, 7) is 2.46. The van der Waals surface area contributed by atoms with Crippen molar-refractivity contribution in [3.05, 3.63) is 123 Å². The van der Waals surface area contributed by atoms with Gasteiger partial charge in [-0.25, -0.2) is 0 Å². The van der Waals surface area contributed by atoms with Crippen molar-refractivity contribution < 1.29 is 28.5 Å². The highest BCUT2D eigenvalue weighted by molar-refractivity contribution is 6.35. The Labute approximate surface area is 265 Å². The molecule has 1 heterocycles. The largest absolute Gasteiger partial charge is 0.497 e. The molecule has 5 rings (SSSR count). The van der Waals surface area contributed by atoms with Gasteiger partial charge in [0, 0.05) is 27.2 Å². The molecule has 0 saturated heterocycles. The third-order valence-corrected chi connectivity index (χ3v) is 7.52. The van der Waals surface area contributed by atoms with Crippen LogP contribution in [-0.2, 0) is 17.8 Å². The number of nitrogens with zero attached hydrogens (tertiary/aromatic N) is 1. The summed E-state index contributed by atoms with van der Waals surface area (Å²) in [5, 5.41) is 11.1. The monoisotopic (exact) mass is 630 g/mol. The van der Waals surface area contributed by atoms with E-state index in [-0.39, 0.29) is 30.2 Å². The molecule has 0 fully saturated rings. The maximum atomic E-state index is 12.7. The molecule has 4 aromatic carbocycles. The van der Waals surface area contributed by atoms with Gasteiger partial charge in [-0.05, 0) is 60.5 Å². The molecule has 0 saturated carbocycles. The Balaban J connectivity index is 1.39. The molecule has 4 aromatic rings. The van der Waals surface area contributed by atoms with E-state index in [4.69, 9.17) is 52.6 Å². The van der Waals surface area contributed by atoms with E-state index in [1.807, 2.05) is 19.1 Å². The molecule has 0 radical (unpaired) electrons. The normalized spacial score (nSPS) is 13.8. The molecule has 44 heavy (non-hydrogen) atoms. The number of hydrogen-bond acceptors (Lipinski definition) is 8. The first kappa shape index (κ1) is 30.6. The molecule has 8 nitrogen and oxygen atoms in total. The highest BCUT2D eigenvalue weighted by atomic mass is 35.5. The van der Waals surface area contributed by atoms with E-state index < -0.39 is 11.9 Å². The number of fused-ring (bicyclic) bond motifs is 1. The number of carbonyl (C=O) groups is 1. The van der Waals surface area contributed by atoms with E-state index in [2.05, 4.69) is 6.07 Å². The maximum absolute atomic E-state index is 12.7. The number of allylic oxidation sites excluding steroid dienone is 1. The van der Waals surface area contributed by atoms with Crippen molar-refractivity contribution in [2.45, 2.75) is 25.9 Å². The number of nitriles is 1. The molecule has 1 aliphatic rings. The van der Waals surface area contributed by atoms with Gasteiger partial charge in [0.15, 0.2) is 11.5 Å². The number of halogens is 2. The van der Waals surface area contributed by atoms with Gasteiger partial charge < -0.3 is 29.4 Å². The van der Waals surface area contributed by atoms with E-state index in [0.717, 1.165) is 16.7 Å². The van der Waals surface area contributed by atoms with E-state index in [1.54, 1.807) is 73.8 Å². The van der Waals surface area contributed by atoms with Crippen molar-refractivity contribution in [1.29, 1.82) is 5.26 Å². The lowest BCUT2D eigenvalue weighted by molar-refractivity contribution is -0.133. The quantitative estimate of drug-likeness (QED) is 0.143. The van der Waals surface area contributed by atoms with Gasteiger partial charge in [-0.1, -0.05) is 53.5 Å². The van der Waals surface area contributed by atoms with Gasteiger partial charge in [0.2, 0.25) is 5.88 Å². The van der Waals surface area contributed by atoms with Crippen molar-refractivity contribution in [1.82, 2.24) is 0 Å². The van der Waals surface area contributed by atoms with E-state index in [9.17, 15) is 10.1 Å². The van der Waals surface area contributed by atoms with Crippen LogP contribution in [0.15, 0.2) is 90.3 Å². The number of benzene rings is 4. The van der Waals surface area contributed by atoms with E-state index in [0.29, 0.717) is 45.2 Å². The van der Waals surface area contributed by atoms with Gasteiger partial charge in [-0.15, -0.1) is 0 Å². The van der Waals surface area contributed by atoms with Gasteiger partial charge in [-0.3, -0.25) is 4.79 Å². The third-order valence-electron chi connectivity index (χ3n) is 6.93. The molecule has 1 aliphatic heterocycles. The zero-order chi connectivity index (χ0) is 31.2. The van der Waals surface area contributed by atoms with Gasteiger partial charge in [0.1, 0.15) is 35.5 Å². The molecule has 0 aromatic heterocycles. The first-order valence-corrected chi connectivity index (χ1v) is 14.4. The maximum Gasteiger partial charge on any atom is 0.315 e. The molecule has 0 spiro atoms. The minimum Gasteiger partial charge on any atom is -0.497 e. The fourth-order valence-corrected chi connectivity index (χ4v) is 5.27. The van der Waals surface area contributed by atoms with Crippen molar-refractivity contribution in [2.24, 2.45) is 5.73 Å². The van der Waals surface area contributed by atoms with Crippen LogP contribution >= 0.6 is 23.2 Å². The van der Waals surface area contributed by atoms with Gasteiger partial charge in [0.25, 0.3) is 0 Å². The van der Waals surface area contributed by atoms with E-state index >= 15 is 0 Å². The Hall–Kier alpha value is -4.84. The van der Waals surface area contributed by atoms with Crippen molar-refractivity contribution in [3.8, 4) is 34.8 Å². The molecule has 0 aliphatic carbocycles. The molecule has 224 valence electrons. The second kappa shape index (κ2) is 13.6. The number of hydrogen-bond donors (Lipinski definition) is 1. The Morgan fingerprint density at radius 3 is 2.43 bits per heavy atom. The first-order chi connectivity index (χ1) is 21.3. The Morgan fingerprint density at radius 2 is 1.73 bits per heavy atom. The van der Waals surface area contributed by atoms with Gasteiger partial charge >= 0.3 is 5.97 Å². The van der Waals surface area contributed by atoms with Crippen molar-refractivity contribution >= 4 is 29.2 Å². The van der Waals surface area contributed by atoms with Crippen molar-refractivity contribution in [3.63, 3.8) is 0 Å². The Kier molecular flexibility index (Phi) is 9.49. The molecular weight excluding hydrogens is 603 g/mol. The molecular formula is C34H28Cl2N2O6. The van der Waals surface area contributed by atoms with Crippen LogP contribution in [0.25, 0.3) is 0 Å². The number of carbonyl (C=O) groups excluding carboxylic acids is 1.